The van der Waals surface area contributed by atoms with Crippen LogP contribution in [0.3, 0.4) is 0 Å². The summed E-state index contributed by atoms with van der Waals surface area (Å²) in [6.07, 6.45) is 4.36. The van der Waals surface area contributed by atoms with E-state index in [9.17, 15) is 9.59 Å². The molecule has 6 heteroatoms. The van der Waals surface area contributed by atoms with Crippen molar-refractivity contribution in [3.8, 4) is 0 Å². The van der Waals surface area contributed by atoms with Crippen LogP contribution in [0.25, 0.3) is 0 Å². The van der Waals surface area contributed by atoms with Gasteiger partial charge in [0.05, 0.1) is 11.9 Å². The molecule has 5 nitrogen and oxygen atoms in total. The average molecular weight is 276 g/mol. The molecule has 1 N–H and O–H groups in total. The summed E-state index contributed by atoms with van der Waals surface area (Å²) in [5, 5.41) is 2.85. The molecule has 0 atom stereocenters. The van der Waals surface area contributed by atoms with Crippen molar-refractivity contribution in [2.24, 2.45) is 0 Å². The lowest BCUT2D eigenvalue weighted by molar-refractivity contribution is 0.101. The summed E-state index contributed by atoms with van der Waals surface area (Å²) in [5.74, 6) is -0.523. The molecule has 0 bridgehead atoms. The van der Waals surface area contributed by atoms with Gasteiger partial charge in [-0.25, -0.2) is 4.98 Å². The Hall–Kier alpha value is -2.27. The number of carbonyl (C=O) groups excluding carboxylic acids is 2. The van der Waals surface area contributed by atoms with Crippen molar-refractivity contribution in [1.29, 1.82) is 0 Å². The van der Waals surface area contributed by atoms with Crippen molar-refractivity contribution in [3.63, 3.8) is 0 Å². The minimum absolute atomic E-state index is 0.148. The summed E-state index contributed by atoms with van der Waals surface area (Å²) in [6, 6.07) is 4.53. The maximum Gasteiger partial charge on any atom is 0.255 e. The molecular formula is C13H10ClN3O2. The van der Waals surface area contributed by atoms with Crippen LogP contribution >= 0.6 is 11.6 Å². The molecule has 0 aliphatic heterocycles. The molecule has 2 rings (SSSR count). The van der Waals surface area contributed by atoms with E-state index in [1.807, 2.05) is 0 Å². The number of rotatable bonds is 3. The van der Waals surface area contributed by atoms with Gasteiger partial charge in [0.2, 0.25) is 0 Å². The molecule has 1 amide bonds. The van der Waals surface area contributed by atoms with Crippen LogP contribution in [0.5, 0.6) is 0 Å². The first kappa shape index (κ1) is 13.2. The molecule has 0 unspecified atom stereocenters. The molecule has 0 spiro atoms. The number of Topliss-reactive ketones (excluding diaryl/α,β-unsaturated/α-hetero) is 1. The van der Waals surface area contributed by atoms with Crippen LogP contribution in [0.4, 0.5) is 5.69 Å². The predicted molar refractivity (Wildman–Crippen MR) is 71.4 cm³/mol. The van der Waals surface area contributed by atoms with E-state index < -0.39 is 0 Å². The first-order chi connectivity index (χ1) is 9.08. The number of amides is 1. The fourth-order valence-electron chi connectivity index (χ4n) is 1.54. The zero-order valence-corrected chi connectivity index (χ0v) is 10.8. The van der Waals surface area contributed by atoms with Crippen LogP contribution in [0.1, 0.15) is 27.6 Å². The topological polar surface area (TPSA) is 72.0 Å². The summed E-state index contributed by atoms with van der Waals surface area (Å²) in [5.41, 5.74) is 1.13. The van der Waals surface area contributed by atoms with Gasteiger partial charge in [0, 0.05) is 23.5 Å². The minimum atomic E-state index is -0.375. The number of hydrogen-bond acceptors (Lipinski definition) is 4. The molecule has 0 saturated heterocycles. The Bertz CT molecular complexity index is 643. The average Bonchev–Trinajstić information content (AvgIpc) is 2.39. The van der Waals surface area contributed by atoms with E-state index in [0.717, 1.165) is 0 Å². The first-order valence-electron chi connectivity index (χ1n) is 5.46. The standard InChI is InChI=1S/C13H10ClN3O2/c1-8(18)10-3-4-15-7-11(10)17-13(19)9-2-5-16-12(14)6-9/h2-7H,1H3,(H,17,19). The molecule has 2 aromatic rings. The summed E-state index contributed by atoms with van der Waals surface area (Å²) in [6.45, 7) is 1.42. The number of aromatic nitrogens is 2. The van der Waals surface area contributed by atoms with Crippen LogP contribution in [-0.4, -0.2) is 21.7 Å². The highest BCUT2D eigenvalue weighted by atomic mass is 35.5. The Labute approximate surface area is 114 Å². The maximum absolute atomic E-state index is 12.0. The quantitative estimate of drug-likeness (QED) is 0.690. The third-order valence-corrected chi connectivity index (χ3v) is 2.64. The van der Waals surface area contributed by atoms with Gasteiger partial charge in [-0.2, -0.15) is 0 Å². The molecule has 0 aliphatic carbocycles. The largest absolute Gasteiger partial charge is 0.320 e. The lowest BCUT2D eigenvalue weighted by Gasteiger charge is -2.08. The van der Waals surface area contributed by atoms with Crippen LogP contribution in [-0.2, 0) is 0 Å². The molecule has 0 aromatic carbocycles. The van der Waals surface area contributed by atoms with Crippen molar-refractivity contribution >= 4 is 29.0 Å². The number of nitrogens with one attached hydrogen (secondary N) is 1. The van der Waals surface area contributed by atoms with E-state index in [2.05, 4.69) is 15.3 Å². The third kappa shape index (κ3) is 3.14. The molecular weight excluding hydrogens is 266 g/mol. The van der Waals surface area contributed by atoms with E-state index in [1.165, 1.54) is 37.6 Å². The lowest BCUT2D eigenvalue weighted by Crippen LogP contribution is -2.14. The second-order valence-electron chi connectivity index (χ2n) is 3.80. The van der Waals surface area contributed by atoms with E-state index in [4.69, 9.17) is 11.6 Å². The first-order valence-corrected chi connectivity index (χ1v) is 5.83. The summed E-state index contributed by atoms with van der Waals surface area (Å²) >= 11 is 5.72. The van der Waals surface area contributed by atoms with Crippen LogP contribution in [0, 0.1) is 0 Å². The van der Waals surface area contributed by atoms with Crippen molar-refractivity contribution in [3.05, 3.63) is 53.1 Å². The number of anilines is 1. The highest BCUT2D eigenvalue weighted by molar-refractivity contribution is 6.29. The smallest absolute Gasteiger partial charge is 0.255 e. The highest BCUT2D eigenvalue weighted by Gasteiger charge is 2.12. The van der Waals surface area contributed by atoms with Gasteiger partial charge in [0.1, 0.15) is 5.15 Å². The molecule has 96 valence electrons. The number of carbonyl (C=O) groups is 2. The second-order valence-corrected chi connectivity index (χ2v) is 4.19. The second kappa shape index (κ2) is 5.58. The normalized spacial score (nSPS) is 10.0. The number of halogens is 1. The van der Waals surface area contributed by atoms with Crippen LogP contribution < -0.4 is 5.32 Å². The lowest BCUT2D eigenvalue weighted by atomic mass is 10.1. The molecule has 2 aromatic heterocycles. The molecule has 19 heavy (non-hydrogen) atoms. The number of nitrogens with zero attached hydrogens (tertiary/aromatic N) is 2. The van der Waals surface area contributed by atoms with Gasteiger partial charge in [0.15, 0.2) is 5.78 Å². The van der Waals surface area contributed by atoms with E-state index in [0.29, 0.717) is 16.8 Å². The highest BCUT2D eigenvalue weighted by Crippen LogP contribution is 2.16. The van der Waals surface area contributed by atoms with Gasteiger partial charge in [-0.15, -0.1) is 0 Å². The number of ketones is 1. The Morgan fingerprint density at radius 3 is 2.74 bits per heavy atom. The third-order valence-electron chi connectivity index (χ3n) is 2.44. The SMILES string of the molecule is CC(=O)c1ccncc1NC(=O)c1ccnc(Cl)c1. The number of pyridine rings is 2. The summed E-state index contributed by atoms with van der Waals surface area (Å²) < 4.78 is 0. The van der Waals surface area contributed by atoms with E-state index >= 15 is 0 Å². The molecule has 2 heterocycles. The van der Waals surface area contributed by atoms with Crippen molar-refractivity contribution < 1.29 is 9.59 Å². The Balaban J connectivity index is 2.27. The molecule has 0 fully saturated rings. The zero-order valence-electron chi connectivity index (χ0n) is 10.1. The van der Waals surface area contributed by atoms with Crippen LogP contribution in [0.2, 0.25) is 5.15 Å². The minimum Gasteiger partial charge on any atom is -0.320 e. The number of hydrogen-bond donors (Lipinski definition) is 1. The van der Waals surface area contributed by atoms with E-state index in [-0.39, 0.29) is 16.8 Å². The van der Waals surface area contributed by atoms with Gasteiger partial charge in [-0.05, 0) is 25.1 Å². The van der Waals surface area contributed by atoms with E-state index in [1.54, 1.807) is 6.07 Å². The van der Waals surface area contributed by atoms with Crippen molar-refractivity contribution in [2.75, 3.05) is 5.32 Å². The maximum atomic E-state index is 12.0. The summed E-state index contributed by atoms with van der Waals surface area (Å²) in [4.78, 5) is 31.1. The van der Waals surface area contributed by atoms with Crippen molar-refractivity contribution in [1.82, 2.24) is 9.97 Å². The van der Waals surface area contributed by atoms with Gasteiger partial charge in [-0.1, -0.05) is 11.6 Å². The molecule has 0 radical (unpaired) electrons. The van der Waals surface area contributed by atoms with Gasteiger partial charge in [-0.3, -0.25) is 14.6 Å². The fraction of sp³-hybridized carbons (Fsp3) is 0.0769. The summed E-state index contributed by atoms with van der Waals surface area (Å²) in [7, 11) is 0. The molecule has 0 saturated carbocycles. The Morgan fingerprint density at radius 2 is 2.05 bits per heavy atom. The van der Waals surface area contributed by atoms with Gasteiger partial charge in [0.25, 0.3) is 5.91 Å². The van der Waals surface area contributed by atoms with Gasteiger partial charge >= 0.3 is 0 Å². The Morgan fingerprint density at radius 1 is 1.26 bits per heavy atom. The van der Waals surface area contributed by atoms with Crippen LogP contribution in [0.15, 0.2) is 36.8 Å². The zero-order chi connectivity index (χ0) is 13.8. The Kier molecular flexibility index (Phi) is 3.87. The predicted octanol–water partition coefficient (Wildman–Crippen LogP) is 2.58. The van der Waals surface area contributed by atoms with Gasteiger partial charge < -0.3 is 5.32 Å². The monoisotopic (exact) mass is 275 g/mol. The fourth-order valence-corrected chi connectivity index (χ4v) is 1.71. The molecule has 0 aliphatic rings. The van der Waals surface area contributed by atoms with Crippen molar-refractivity contribution in [2.45, 2.75) is 6.92 Å².